The normalized spacial score (nSPS) is 11.6. The fourth-order valence-electron chi connectivity index (χ4n) is 1.44. The van der Waals surface area contributed by atoms with Gasteiger partial charge in [-0.3, -0.25) is 9.34 Å². The van der Waals surface area contributed by atoms with Crippen LogP contribution in [0, 0.1) is 0 Å². The molecule has 0 aliphatic carbocycles. The zero-order chi connectivity index (χ0) is 10.3. The fourth-order valence-corrected chi connectivity index (χ4v) is 3.42. The van der Waals surface area contributed by atoms with Crippen LogP contribution >= 0.6 is 8.22 Å². The lowest BCUT2D eigenvalue weighted by Gasteiger charge is -2.35. The van der Waals surface area contributed by atoms with Crippen molar-refractivity contribution < 1.29 is 0 Å². The summed E-state index contributed by atoms with van der Waals surface area (Å²) in [6.45, 7) is 17.3. The number of hydrogen-bond acceptors (Lipinski definition) is 2. The summed E-state index contributed by atoms with van der Waals surface area (Å²) in [4.78, 5) is 0. The number of hydrogen-bond donors (Lipinski definition) is 0. The Morgan fingerprint density at radius 2 is 1.23 bits per heavy atom. The molecule has 0 aliphatic heterocycles. The largest absolute Gasteiger partial charge is 0.267 e. The van der Waals surface area contributed by atoms with Crippen LogP contribution in [0.1, 0.15) is 27.7 Å². The molecule has 13 heavy (non-hydrogen) atoms. The molecule has 2 nitrogen and oxygen atoms in total. The summed E-state index contributed by atoms with van der Waals surface area (Å²) in [5.41, 5.74) is 0. The predicted octanol–water partition coefficient (Wildman–Crippen LogP) is 3.13. The highest BCUT2D eigenvalue weighted by Gasteiger charge is 2.17. The number of nitrogens with zero attached hydrogens (tertiary/aromatic N) is 2. The Kier molecular flexibility index (Phi) is 7.54. The molecule has 0 aromatic carbocycles. The first-order valence-corrected chi connectivity index (χ1v) is 6.48. The third-order valence-electron chi connectivity index (χ3n) is 2.20. The average Bonchev–Trinajstić information content (AvgIpc) is 2.18. The Labute approximate surface area is 84.5 Å². The Balaban J connectivity index is 4.34. The molecule has 0 saturated heterocycles. The molecule has 0 aromatic rings. The summed E-state index contributed by atoms with van der Waals surface area (Å²) in [6.07, 6.45) is 0. The summed E-state index contributed by atoms with van der Waals surface area (Å²) >= 11 is 0. The first-order valence-electron chi connectivity index (χ1n) is 5.16. The van der Waals surface area contributed by atoms with Gasteiger partial charge in [0.15, 0.2) is 0 Å². The van der Waals surface area contributed by atoms with Crippen LogP contribution in [0.4, 0.5) is 0 Å². The van der Waals surface area contributed by atoms with Crippen LogP contribution in [0.3, 0.4) is 0 Å². The van der Waals surface area contributed by atoms with E-state index in [1.807, 2.05) is 0 Å². The van der Waals surface area contributed by atoms with Crippen LogP contribution in [0.5, 0.6) is 0 Å². The molecule has 0 unspecified atom stereocenters. The van der Waals surface area contributed by atoms with Gasteiger partial charge in [-0.05, 0) is 5.82 Å². The Bertz CT molecular complexity index is 119. The molecule has 0 bridgehead atoms. The molecule has 0 N–H and O–H groups in total. The van der Waals surface area contributed by atoms with E-state index in [2.05, 4.69) is 49.4 Å². The Hall–Kier alpha value is 0.0900. The van der Waals surface area contributed by atoms with Crippen molar-refractivity contribution in [1.29, 1.82) is 0 Å². The molecule has 0 radical (unpaired) electrons. The van der Waals surface area contributed by atoms with Crippen LogP contribution in [0.15, 0.2) is 12.4 Å². The standard InChI is InChI=1S/C10H23N2P/c1-6-11(7-2)13(10-5)12(8-3)9-4/h10H,5-9H2,1-4H3. The van der Waals surface area contributed by atoms with Crippen molar-refractivity contribution in [2.75, 3.05) is 26.2 Å². The highest BCUT2D eigenvalue weighted by Crippen LogP contribution is 2.44. The van der Waals surface area contributed by atoms with Crippen LogP contribution < -0.4 is 0 Å². The smallest absolute Gasteiger partial charge is 0.0641 e. The fraction of sp³-hybridized carbons (Fsp3) is 0.800. The van der Waals surface area contributed by atoms with Gasteiger partial charge in [0, 0.05) is 26.2 Å². The minimum Gasteiger partial charge on any atom is -0.267 e. The lowest BCUT2D eigenvalue weighted by molar-refractivity contribution is 0.429. The van der Waals surface area contributed by atoms with E-state index in [0.717, 1.165) is 26.2 Å². The molecule has 0 rings (SSSR count). The zero-order valence-electron chi connectivity index (χ0n) is 9.45. The zero-order valence-corrected chi connectivity index (χ0v) is 10.3. The second-order valence-electron chi connectivity index (χ2n) is 2.78. The molecular formula is C10H23N2P. The van der Waals surface area contributed by atoms with E-state index in [0.29, 0.717) is 0 Å². The van der Waals surface area contributed by atoms with E-state index in [-0.39, 0.29) is 8.22 Å². The Morgan fingerprint density at radius 3 is 1.38 bits per heavy atom. The number of rotatable bonds is 7. The summed E-state index contributed by atoms with van der Waals surface area (Å²) < 4.78 is 4.96. The minimum absolute atomic E-state index is 0.255. The predicted molar refractivity (Wildman–Crippen MR) is 63.0 cm³/mol. The van der Waals surface area contributed by atoms with Crippen molar-refractivity contribution in [2.24, 2.45) is 0 Å². The summed E-state index contributed by atoms with van der Waals surface area (Å²) in [6, 6.07) is 0. The van der Waals surface area contributed by atoms with Crippen molar-refractivity contribution in [1.82, 2.24) is 9.34 Å². The van der Waals surface area contributed by atoms with E-state index in [4.69, 9.17) is 0 Å². The highest BCUT2D eigenvalue weighted by atomic mass is 31.1. The molecule has 78 valence electrons. The Morgan fingerprint density at radius 1 is 0.923 bits per heavy atom. The molecule has 3 heteroatoms. The minimum atomic E-state index is -0.255. The maximum atomic E-state index is 3.94. The van der Waals surface area contributed by atoms with Gasteiger partial charge in [-0.2, -0.15) is 0 Å². The van der Waals surface area contributed by atoms with Gasteiger partial charge >= 0.3 is 0 Å². The first kappa shape index (κ1) is 13.1. The third kappa shape index (κ3) is 3.76. The SMILES string of the molecule is C=CP(N(CC)CC)N(CC)CC. The van der Waals surface area contributed by atoms with E-state index in [9.17, 15) is 0 Å². The van der Waals surface area contributed by atoms with Gasteiger partial charge in [0.2, 0.25) is 0 Å². The molecule has 0 fully saturated rings. The van der Waals surface area contributed by atoms with Crippen molar-refractivity contribution in [2.45, 2.75) is 27.7 Å². The quantitative estimate of drug-likeness (QED) is 0.585. The van der Waals surface area contributed by atoms with Crippen LogP contribution in [0.2, 0.25) is 0 Å². The van der Waals surface area contributed by atoms with Crippen LogP contribution in [-0.4, -0.2) is 35.5 Å². The topological polar surface area (TPSA) is 6.48 Å². The lowest BCUT2D eigenvalue weighted by atomic mass is 10.7. The van der Waals surface area contributed by atoms with Gasteiger partial charge in [-0.15, -0.1) is 0 Å². The van der Waals surface area contributed by atoms with Gasteiger partial charge in [0.1, 0.15) is 0 Å². The van der Waals surface area contributed by atoms with Crippen molar-refractivity contribution in [3.63, 3.8) is 0 Å². The van der Waals surface area contributed by atoms with E-state index in [1.165, 1.54) is 0 Å². The molecule has 0 aliphatic rings. The van der Waals surface area contributed by atoms with Crippen LogP contribution in [-0.2, 0) is 0 Å². The molecule has 0 saturated carbocycles. The maximum Gasteiger partial charge on any atom is 0.0641 e. The van der Waals surface area contributed by atoms with Gasteiger partial charge in [-0.1, -0.05) is 34.3 Å². The second kappa shape index (κ2) is 7.49. The summed E-state index contributed by atoms with van der Waals surface area (Å²) in [7, 11) is -0.255. The molecular weight excluding hydrogens is 179 g/mol. The van der Waals surface area contributed by atoms with Crippen molar-refractivity contribution in [3.8, 4) is 0 Å². The third-order valence-corrected chi connectivity index (χ3v) is 4.82. The van der Waals surface area contributed by atoms with E-state index in [1.54, 1.807) is 0 Å². The van der Waals surface area contributed by atoms with Gasteiger partial charge in [-0.25, -0.2) is 0 Å². The van der Waals surface area contributed by atoms with Gasteiger partial charge in [0.25, 0.3) is 0 Å². The van der Waals surface area contributed by atoms with E-state index >= 15 is 0 Å². The maximum absolute atomic E-state index is 3.94. The molecule has 0 amide bonds. The molecule has 0 aromatic heterocycles. The van der Waals surface area contributed by atoms with Gasteiger partial charge in [0.05, 0.1) is 8.22 Å². The van der Waals surface area contributed by atoms with Crippen molar-refractivity contribution >= 4 is 8.22 Å². The van der Waals surface area contributed by atoms with Crippen molar-refractivity contribution in [3.05, 3.63) is 12.4 Å². The lowest BCUT2D eigenvalue weighted by Crippen LogP contribution is -2.27. The second-order valence-corrected chi connectivity index (χ2v) is 4.92. The monoisotopic (exact) mass is 202 g/mol. The molecule has 0 atom stereocenters. The summed E-state index contributed by atoms with van der Waals surface area (Å²) in [5.74, 6) is 2.11. The highest BCUT2D eigenvalue weighted by molar-refractivity contribution is 7.55. The molecule has 0 heterocycles. The van der Waals surface area contributed by atoms with Gasteiger partial charge < -0.3 is 0 Å². The van der Waals surface area contributed by atoms with E-state index < -0.39 is 0 Å². The summed E-state index contributed by atoms with van der Waals surface area (Å²) in [5, 5.41) is 0. The molecule has 0 spiro atoms. The average molecular weight is 202 g/mol. The first-order chi connectivity index (χ1) is 6.24. The van der Waals surface area contributed by atoms with Crippen LogP contribution in [0.25, 0.3) is 0 Å².